The lowest BCUT2D eigenvalue weighted by Crippen LogP contribution is -2.48. The number of nitrogens with one attached hydrogen (secondary N) is 1. The number of morpholine rings is 1. The van der Waals surface area contributed by atoms with Crippen LogP contribution < -0.4 is 5.32 Å². The Kier molecular flexibility index (Phi) is 5.00. The lowest BCUT2D eigenvalue weighted by Gasteiger charge is -2.34. The van der Waals surface area contributed by atoms with Crippen molar-refractivity contribution in [2.24, 2.45) is 11.8 Å². The molecule has 0 bridgehead atoms. The summed E-state index contributed by atoms with van der Waals surface area (Å²) in [7, 11) is -3.65. The molecule has 8 heteroatoms. The molecule has 0 spiro atoms. The summed E-state index contributed by atoms with van der Waals surface area (Å²) in [4.78, 5) is 15.0. The Labute approximate surface area is 160 Å². The molecule has 0 aliphatic carbocycles. The van der Waals surface area contributed by atoms with Crippen LogP contribution in [0.4, 0.5) is 0 Å². The maximum Gasteiger partial charge on any atom is 0.253 e. The molecule has 0 radical (unpaired) electrons. The summed E-state index contributed by atoms with van der Waals surface area (Å²) >= 11 is 0. The van der Waals surface area contributed by atoms with E-state index in [9.17, 15) is 13.2 Å². The Morgan fingerprint density at radius 2 is 1.70 bits per heavy atom. The summed E-state index contributed by atoms with van der Waals surface area (Å²) < 4.78 is 33.2. The third kappa shape index (κ3) is 3.63. The molecule has 4 rings (SSSR count). The molecule has 4 atom stereocenters. The number of fused-ring (bicyclic) bond motifs is 1. The van der Waals surface area contributed by atoms with Gasteiger partial charge in [0.1, 0.15) is 0 Å². The van der Waals surface area contributed by atoms with Gasteiger partial charge in [-0.3, -0.25) is 4.79 Å². The fraction of sp³-hybridized carbons (Fsp3) is 0.632. The van der Waals surface area contributed by atoms with Crippen LogP contribution in [0, 0.1) is 11.8 Å². The number of likely N-dealkylation sites (tertiary alicyclic amines) is 1. The van der Waals surface area contributed by atoms with E-state index in [1.807, 2.05) is 18.7 Å². The highest BCUT2D eigenvalue weighted by Crippen LogP contribution is 2.28. The molecule has 148 valence electrons. The predicted molar refractivity (Wildman–Crippen MR) is 101 cm³/mol. The van der Waals surface area contributed by atoms with Gasteiger partial charge in [0, 0.05) is 44.8 Å². The van der Waals surface area contributed by atoms with E-state index in [0.29, 0.717) is 30.5 Å². The van der Waals surface area contributed by atoms with Crippen LogP contribution in [-0.2, 0) is 14.8 Å². The maximum absolute atomic E-state index is 13.1. The molecular weight excluding hydrogens is 366 g/mol. The van der Waals surface area contributed by atoms with Crippen LogP contribution in [-0.4, -0.2) is 75.0 Å². The molecule has 3 aliphatic heterocycles. The molecule has 2 unspecified atom stereocenters. The standard InChI is InChI=1S/C19H27N3O4S/c1-13-9-22(10-14(2)26-13)27(24,25)18-5-3-4-15(6-18)19(23)21-11-16-7-20-8-17(16)12-21/h3-6,13-14,16-17,20H,7-12H2,1-2H3/t13?,14?,16-,17+. The van der Waals surface area contributed by atoms with Crippen molar-refractivity contribution in [2.45, 2.75) is 31.0 Å². The lowest BCUT2D eigenvalue weighted by atomic mass is 10.0. The van der Waals surface area contributed by atoms with E-state index in [-0.39, 0.29) is 23.0 Å². The molecule has 3 aliphatic rings. The summed E-state index contributed by atoms with van der Waals surface area (Å²) in [5.41, 5.74) is 0.443. The van der Waals surface area contributed by atoms with Gasteiger partial charge in [-0.05, 0) is 43.9 Å². The van der Waals surface area contributed by atoms with Crippen LogP contribution in [0.2, 0.25) is 0 Å². The minimum absolute atomic E-state index is 0.0786. The number of nitrogens with zero attached hydrogens (tertiary/aromatic N) is 2. The summed E-state index contributed by atoms with van der Waals surface area (Å²) in [6.45, 7) is 7.79. The zero-order chi connectivity index (χ0) is 19.2. The molecule has 3 fully saturated rings. The second kappa shape index (κ2) is 7.16. The van der Waals surface area contributed by atoms with Crippen molar-refractivity contribution < 1.29 is 17.9 Å². The highest BCUT2D eigenvalue weighted by Gasteiger charge is 2.38. The second-order valence-corrected chi connectivity index (χ2v) is 9.93. The molecule has 7 nitrogen and oxygen atoms in total. The number of carbonyl (C=O) groups excluding carboxylic acids is 1. The van der Waals surface area contributed by atoms with Gasteiger partial charge in [0.15, 0.2) is 0 Å². The van der Waals surface area contributed by atoms with Crippen LogP contribution in [0.15, 0.2) is 29.2 Å². The van der Waals surface area contributed by atoms with Crippen molar-refractivity contribution in [3.8, 4) is 0 Å². The minimum atomic E-state index is -3.65. The summed E-state index contributed by atoms with van der Waals surface area (Å²) in [5.74, 6) is 0.944. The van der Waals surface area contributed by atoms with Crippen LogP contribution in [0.3, 0.4) is 0 Å². The number of rotatable bonds is 3. The van der Waals surface area contributed by atoms with Gasteiger partial charge in [0.05, 0.1) is 17.1 Å². The number of hydrogen-bond acceptors (Lipinski definition) is 5. The normalized spacial score (nSPS) is 31.9. The quantitative estimate of drug-likeness (QED) is 0.821. The largest absolute Gasteiger partial charge is 0.373 e. The van der Waals surface area contributed by atoms with Gasteiger partial charge >= 0.3 is 0 Å². The first-order valence-electron chi connectivity index (χ1n) is 9.60. The van der Waals surface area contributed by atoms with E-state index < -0.39 is 10.0 Å². The predicted octanol–water partition coefficient (Wildman–Crippen LogP) is 0.776. The monoisotopic (exact) mass is 393 g/mol. The third-order valence-electron chi connectivity index (χ3n) is 5.78. The van der Waals surface area contributed by atoms with Crippen molar-refractivity contribution in [1.29, 1.82) is 0 Å². The van der Waals surface area contributed by atoms with E-state index in [1.165, 1.54) is 10.4 Å². The highest BCUT2D eigenvalue weighted by atomic mass is 32.2. The molecule has 27 heavy (non-hydrogen) atoms. The van der Waals surface area contributed by atoms with E-state index in [2.05, 4.69) is 5.32 Å². The van der Waals surface area contributed by atoms with E-state index >= 15 is 0 Å². The number of hydrogen-bond donors (Lipinski definition) is 1. The first-order valence-corrected chi connectivity index (χ1v) is 11.0. The Morgan fingerprint density at radius 1 is 1.07 bits per heavy atom. The van der Waals surface area contributed by atoms with Gasteiger partial charge in [-0.2, -0.15) is 4.31 Å². The zero-order valence-corrected chi connectivity index (χ0v) is 16.6. The second-order valence-electron chi connectivity index (χ2n) is 8.00. The number of carbonyl (C=O) groups is 1. The SMILES string of the molecule is CC1CN(S(=O)(=O)c2cccc(C(=O)N3C[C@H]4CNC[C@H]4C3)c2)CC(C)O1. The summed E-state index contributed by atoms with van der Waals surface area (Å²) in [6.07, 6.45) is -0.295. The molecular formula is C19H27N3O4S. The van der Waals surface area contributed by atoms with Crippen molar-refractivity contribution in [3.05, 3.63) is 29.8 Å². The van der Waals surface area contributed by atoms with E-state index in [4.69, 9.17) is 4.74 Å². The molecule has 3 heterocycles. The van der Waals surface area contributed by atoms with Crippen LogP contribution in [0.5, 0.6) is 0 Å². The topological polar surface area (TPSA) is 79.0 Å². The van der Waals surface area contributed by atoms with Gasteiger partial charge in [-0.15, -0.1) is 0 Å². The van der Waals surface area contributed by atoms with Crippen LogP contribution >= 0.6 is 0 Å². The van der Waals surface area contributed by atoms with E-state index in [0.717, 1.165) is 26.2 Å². The maximum atomic E-state index is 13.1. The van der Waals surface area contributed by atoms with E-state index in [1.54, 1.807) is 18.2 Å². The number of benzene rings is 1. The van der Waals surface area contributed by atoms with Gasteiger partial charge in [0.2, 0.25) is 10.0 Å². The van der Waals surface area contributed by atoms with Crippen molar-refractivity contribution >= 4 is 15.9 Å². The molecule has 1 amide bonds. The zero-order valence-electron chi connectivity index (χ0n) is 15.8. The van der Waals surface area contributed by atoms with Gasteiger partial charge in [0.25, 0.3) is 5.91 Å². The molecule has 1 N–H and O–H groups in total. The summed E-state index contributed by atoms with van der Waals surface area (Å²) in [6, 6.07) is 6.46. The molecule has 3 saturated heterocycles. The smallest absolute Gasteiger partial charge is 0.253 e. The average molecular weight is 394 g/mol. The fourth-order valence-corrected chi connectivity index (χ4v) is 6.11. The number of ether oxygens (including phenoxy) is 1. The Morgan fingerprint density at radius 3 is 2.33 bits per heavy atom. The average Bonchev–Trinajstić information content (AvgIpc) is 3.22. The van der Waals surface area contributed by atoms with Crippen LogP contribution in [0.1, 0.15) is 24.2 Å². The summed E-state index contributed by atoms with van der Waals surface area (Å²) in [5, 5.41) is 3.36. The van der Waals surface area contributed by atoms with Crippen LogP contribution in [0.25, 0.3) is 0 Å². The number of sulfonamides is 1. The molecule has 0 saturated carbocycles. The Balaban J connectivity index is 1.54. The van der Waals surface area contributed by atoms with Gasteiger partial charge < -0.3 is 15.0 Å². The van der Waals surface area contributed by atoms with Gasteiger partial charge in [-0.1, -0.05) is 6.07 Å². The Bertz CT molecular complexity index is 806. The molecule has 0 aromatic heterocycles. The van der Waals surface area contributed by atoms with Crippen molar-refractivity contribution in [3.63, 3.8) is 0 Å². The first-order chi connectivity index (χ1) is 12.8. The fourth-order valence-electron chi connectivity index (χ4n) is 4.47. The van der Waals surface area contributed by atoms with Crippen molar-refractivity contribution in [2.75, 3.05) is 39.3 Å². The highest BCUT2D eigenvalue weighted by molar-refractivity contribution is 7.89. The number of amides is 1. The van der Waals surface area contributed by atoms with Crippen molar-refractivity contribution in [1.82, 2.24) is 14.5 Å². The molecule has 1 aromatic rings. The first kappa shape index (κ1) is 18.9. The van der Waals surface area contributed by atoms with Gasteiger partial charge in [-0.25, -0.2) is 8.42 Å². The lowest BCUT2D eigenvalue weighted by molar-refractivity contribution is -0.0440. The molecule has 1 aromatic carbocycles. The Hall–Kier alpha value is -1.48. The third-order valence-corrected chi connectivity index (χ3v) is 7.61. The minimum Gasteiger partial charge on any atom is -0.373 e.